The van der Waals surface area contributed by atoms with Gasteiger partial charge in [-0.15, -0.1) is 0 Å². The number of ether oxygens (including phenoxy) is 1. The van der Waals surface area contributed by atoms with Crippen molar-refractivity contribution in [2.75, 3.05) is 5.32 Å². The van der Waals surface area contributed by atoms with Gasteiger partial charge in [-0.3, -0.25) is 9.59 Å². The summed E-state index contributed by atoms with van der Waals surface area (Å²) >= 11 is 0. The third kappa shape index (κ3) is 5.50. The van der Waals surface area contributed by atoms with Crippen LogP contribution in [0.15, 0.2) is 42.5 Å². The lowest BCUT2D eigenvalue weighted by atomic mass is 9.70. The molecule has 2 aromatic rings. The SMILES string of the molecule is Cc1ccc(C(=O)Nc2ccc(OC(=O)C3CCC(C(C)(C)C)CC3)cc2)cc1C. The van der Waals surface area contributed by atoms with Crippen LogP contribution in [0.2, 0.25) is 0 Å². The Morgan fingerprint density at radius 3 is 2.10 bits per heavy atom. The summed E-state index contributed by atoms with van der Waals surface area (Å²) in [5.41, 5.74) is 3.83. The van der Waals surface area contributed by atoms with Gasteiger partial charge in [-0.2, -0.15) is 0 Å². The summed E-state index contributed by atoms with van der Waals surface area (Å²) in [4.78, 5) is 25.0. The average Bonchev–Trinajstić information content (AvgIpc) is 2.71. The maximum atomic E-state index is 12.5. The topological polar surface area (TPSA) is 55.4 Å². The van der Waals surface area contributed by atoms with Crippen molar-refractivity contribution in [3.05, 3.63) is 59.2 Å². The Labute approximate surface area is 180 Å². The van der Waals surface area contributed by atoms with Gasteiger partial charge in [0.2, 0.25) is 0 Å². The Bertz CT molecular complexity index is 901. The van der Waals surface area contributed by atoms with E-state index >= 15 is 0 Å². The smallest absolute Gasteiger partial charge is 0.314 e. The molecule has 30 heavy (non-hydrogen) atoms. The van der Waals surface area contributed by atoms with Gasteiger partial charge >= 0.3 is 5.97 Å². The fourth-order valence-electron chi connectivity index (χ4n) is 4.09. The number of hydrogen-bond acceptors (Lipinski definition) is 3. The molecule has 4 heteroatoms. The fraction of sp³-hybridized carbons (Fsp3) is 0.462. The summed E-state index contributed by atoms with van der Waals surface area (Å²) in [6.07, 6.45) is 3.94. The number of anilines is 1. The Morgan fingerprint density at radius 2 is 1.53 bits per heavy atom. The van der Waals surface area contributed by atoms with Gasteiger partial charge in [-0.25, -0.2) is 0 Å². The zero-order chi connectivity index (χ0) is 21.9. The number of aryl methyl sites for hydroxylation is 2. The van der Waals surface area contributed by atoms with E-state index in [0.29, 0.717) is 28.3 Å². The number of rotatable bonds is 4. The van der Waals surface area contributed by atoms with E-state index in [1.807, 2.05) is 32.0 Å². The first-order valence-electron chi connectivity index (χ1n) is 10.8. The minimum absolute atomic E-state index is 0.0206. The minimum atomic E-state index is -0.154. The molecular formula is C26H33NO3. The van der Waals surface area contributed by atoms with Gasteiger partial charge in [0.15, 0.2) is 0 Å². The first kappa shape index (κ1) is 22.1. The van der Waals surface area contributed by atoms with Crippen LogP contribution in [0.3, 0.4) is 0 Å². The van der Waals surface area contributed by atoms with Crippen LogP contribution in [0, 0.1) is 31.1 Å². The molecule has 4 nitrogen and oxygen atoms in total. The van der Waals surface area contributed by atoms with E-state index in [1.54, 1.807) is 24.3 Å². The summed E-state index contributed by atoms with van der Waals surface area (Å²) in [6, 6.07) is 12.6. The number of benzene rings is 2. The predicted molar refractivity (Wildman–Crippen MR) is 121 cm³/mol. The first-order chi connectivity index (χ1) is 14.1. The van der Waals surface area contributed by atoms with Crippen molar-refractivity contribution >= 4 is 17.6 Å². The molecule has 0 bridgehead atoms. The van der Waals surface area contributed by atoms with Crippen LogP contribution in [0.25, 0.3) is 0 Å². The lowest BCUT2D eigenvalue weighted by molar-refractivity contribution is -0.140. The second-order valence-electron chi connectivity index (χ2n) is 9.61. The molecule has 1 fully saturated rings. The summed E-state index contributed by atoms with van der Waals surface area (Å²) < 4.78 is 5.60. The van der Waals surface area contributed by atoms with Crippen molar-refractivity contribution in [1.29, 1.82) is 0 Å². The van der Waals surface area contributed by atoms with Crippen LogP contribution in [-0.2, 0) is 4.79 Å². The minimum Gasteiger partial charge on any atom is -0.426 e. The van der Waals surface area contributed by atoms with Crippen molar-refractivity contribution in [3.8, 4) is 5.75 Å². The number of amides is 1. The number of hydrogen-bond donors (Lipinski definition) is 1. The maximum Gasteiger partial charge on any atom is 0.314 e. The summed E-state index contributed by atoms with van der Waals surface area (Å²) in [5, 5.41) is 2.89. The number of esters is 1. The van der Waals surface area contributed by atoms with Gasteiger partial charge in [-0.1, -0.05) is 26.8 Å². The molecule has 0 spiro atoms. The zero-order valence-corrected chi connectivity index (χ0v) is 18.7. The molecule has 0 aliphatic heterocycles. The lowest BCUT2D eigenvalue weighted by Crippen LogP contribution is -2.30. The highest BCUT2D eigenvalue weighted by atomic mass is 16.5. The number of nitrogens with one attached hydrogen (secondary N) is 1. The molecule has 1 saturated carbocycles. The molecule has 0 radical (unpaired) electrons. The molecule has 3 rings (SSSR count). The molecular weight excluding hydrogens is 374 g/mol. The molecule has 0 atom stereocenters. The van der Waals surface area contributed by atoms with Crippen LogP contribution >= 0.6 is 0 Å². The fourth-order valence-corrected chi connectivity index (χ4v) is 4.09. The summed E-state index contributed by atoms with van der Waals surface area (Å²) in [6.45, 7) is 10.8. The quantitative estimate of drug-likeness (QED) is 0.477. The molecule has 1 amide bonds. The monoisotopic (exact) mass is 407 g/mol. The molecule has 160 valence electrons. The highest BCUT2D eigenvalue weighted by Crippen LogP contribution is 2.40. The van der Waals surface area contributed by atoms with Crippen LogP contribution < -0.4 is 10.1 Å². The van der Waals surface area contributed by atoms with Gasteiger partial charge in [-0.05, 0) is 98.4 Å². The van der Waals surface area contributed by atoms with Crippen LogP contribution in [0.1, 0.15) is 67.9 Å². The zero-order valence-electron chi connectivity index (χ0n) is 18.7. The molecule has 2 aromatic carbocycles. The molecule has 1 aliphatic rings. The van der Waals surface area contributed by atoms with E-state index in [-0.39, 0.29) is 17.8 Å². The average molecular weight is 408 g/mol. The molecule has 0 aromatic heterocycles. The molecule has 0 unspecified atom stereocenters. The van der Waals surface area contributed by atoms with Crippen molar-refractivity contribution in [2.24, 2.45) is 17.3 Å². The van der Waals surface area contributed by atoms with Gasteiger partial charge in [0, 0.05) is 11.3 Å². The maximum absolute atomic E-state index is 12.5. The van der Waals surface area contributed by atoms with E-state index in [4.69, 9.17) is 4.74 Å². The van der Waals surface area contributed by atoms with Crippen LogP contribution in [-0.4, -0.2) is 11.9 Å². The summed E-state index contributed by atoms with van der Waals surface area (Å²) in [7, 11) is 0. The number of carbonyl (C=O) groups is 2. The molecule has 0 heterocycles. The second kappa shape index (κ2) is 9.03. The van der Waals surface area contributed by atoms with Crippen molar-refractivity contribution in [3.63, 3.8) is 0 Å². The Morgan fingerprint density at radius 1 is 0.900 bits per heavy atom. The van der Waals surface area contributed by atoms with E-state index < -0.39 is 0 Å². The normalized spacial score (nSPS) is 19.2. The van der Waals surface area contributed by atoms with E-state index in [2.05, 4.69) is 26.1 Å². The third-order valence-corrected chi connectivity index (χ3v) is 6.38. The first-order valence-corrected chi connectivity index (χ1v) is 10.8. The molecule has 0 saturated heterocycles. The van der Waals surface area contributed by atoms with E-state index in [1.165, 1.54) is 0 Å². The lowest BCUT2D eigenvalue weighted by Gasteiger charge is -2.36. The number of carbonyl (C=O) groups excluding carboxylic acids is 2. The van der Waals surface area contributed by atoms with Crippen molar-refractivity contribution in [1.82, 2.24) is 0 Å². The Kier molecular flexibility index (Phi) is 6.64. The summed E-state index contributed by atoms with van der Waals surface area (Å²) in [5.74, 6) is 0.865. The van der Waals surface area contributed by atoms with Crippen molar-refractivity contribution < 1.29 is 14.3 Å². The van der Waals surface area contributed by atoms with Gasteiger partial charge < -0.3 is 10.1 Å². The highest BCUT2D eigenvalue weighted by Gasteiger charge is 2.33. The molecule has 1 N–H and O–H groups in total. The van der Waals surface area contributed by atoms with Gasteiger partial charge in [0.25, 0.3) is 5.91 Å². The Hall–Kier alpha value is -2.62. The van der Waals surface area contributed by atoms with Crippen LogP contribution in [0.4, 0.5) is 5.69 Å². The largest absolute Gasteiger partial charge is 0.426 e. The highest BCUT2D eigenvalue weighted by molar-refractivity contribution is 6.04. The van der Waals surface area contributed by atoms with Crippen LogP contribution in [0.5, 0.6) is 5.75 Å². The van der Waals surface area contributed by atoms with Crippen molar-refractivity contribution in [2.45, 2.75) is 60.3 Å². The Balaban J connectivity index is 1.54. The third-order valence-electron chi connectivity index (χ3n) is 6.38. The second-order valence-corrected chi connectivity index (χ2v) is 9.61. The standard InChI is InChI=1S/C26H33NO3/c1-17-6-7-20(16-18(17)2)24(28)27-22-12-14-23(15-13-22)30-25(29)19-8-10-21(11-9-19)26(3,4)5/h6-7,12-16,19,21H,8-11H2,1-5H3,(H,27,28). The van der Waals surface area contributed by atoms with E-state index in [0.717, 1.165) is 36.8 Å². The molecule has 1 aliphatic carbocycles. The predicted octanol–water partition coefficient (Wildman–Crippen LogP) is 6.31. The van der Waals surface area contributed by atoms with Gasteiger partial charge in [0.05, 0.1) is 5.92 Å². The van der Waals surface area contributed by atoms with Gasteiger partial charge in [0.1, 0.15) is 5.75 Å². The van der Waals surface area contributed by atoms with E-state index in [9.17, 15) is 9.59 Å².